The predicted molar refractivity (Wildman–Crippen MR) is 141 cm³/mol. The van der Waals surface area contributed by atoms with Crippen LogP contribution < -0.4 is 20.3 Å². The molecule has 2 unspecified atom stereocenters. The molecular formula is C29H32N2O7. The smallest absolute Gasteiger partial charge is 0.305 e. The van der Waals surface area contributed by atoms with Gasteiger partial charge in [-0.15, -0.1) is 0 Å². The molecule has 200 valence electrons. The van der Waals surface area contributed by atoms with E-state index in [1.54, 1.807) is 25.1 Å². The lowest BCUT2D eigenvalue weighted by Crippen LogP contribution is -2.40. The number of carboxylic acids is 1. The normalized spacial score (nSPS) is 13.6. The van der Waals surface area contributed by atoms with Gasteiger partial charge in [0.15, 0.2) is 11.5 Å². The van der Waals surface area contributed by atoms with E-state index in [0.717, 1.165) is 12.0 Å². The minimum Gasteiger partial charge on any atom is -0.507 e. The van der Waals surface area contributed by atoms with E-state index in [-0.39, 0.29) is 30.9 Å². The monoisotopic (exact) mass is 520 g/mol. The molecule has 0 aliphatic carbocycles. The third-order valence-corrected chi connectivity index (χ3v) is 6.67. The van der Waals surface area contributed by atoms with Crippen LogP contribution in [-0.4, -0.2) is 33.4 Å². The Hall–Kier alpha value is -4.27. The topological polar surface area (TPSA) is 127 Å². The van der Waals surface area contributed by atoms with Crippen molar-refractivity contribution < 1.29 is 29.3 Å². The third-order valence-electron chi connectivity index (χ3n) is 6.67. The Morgan fingerprint density at radius 1 is 1.11 bits per heavy atom. The van der Waals surface area contributed by atoms with Gasteiger partial charge in [-0.3, -0.25) is 14.4 Å². The lowest BCUT2D eigenvalue weighted by molar-refractivity contribution is -0.138. The Labute approximate surface area is 220 Å². The summed E-state index contributed by atoms with van der Waals surface area (Å²) < 4.78 is 12.1. The van der Waals surface area contributed by atoms with E-state index in [1.807, 2.05) is 37.3 Å². The third kappa shape index (κ3) is 5.99. The molecule has 0 spiro atoms. The van der Waals surface area contributed by atoms with Crippen molar-refractivity contribution in [3.05, 3.63) is 87.3 Å². The van der Waals surface area contributed by atoms with Gasteiger partial charge in [0.25, 0.3) is 5.56 Å². The van der Waals surface area contributed by atoms with Gasteiger partial charge in [0, 0.05) is 18.2 Å². The Morgan fingerprint density at radius 2 is 1.84 bits per heavy atom. The molecule has 1 amide bonds. The maximum Gasteiger partial charge on any atom is 0.305 e. The highest BCUT2D eigenvalue weighted by Crippen LogP contribution is 2.35. The summed E-state index contributed by atoms with van der Waals surface area (Å²) in [6.07, 6.45) is 3.21. The molecule has 0 bridgehead atoms. The number of unbranched alkanes of at least 4 members (excludes halogenated alkanes) is 1. The molecule has 0 saturated heterocycles. The van der Waals surface area contributed by atoms with Crippen LogP contribution in [0.2, 0.25) is 0 Å². The molecule has 0 radical (unpaired) electrons. The Bertz CT molecular complexity index is 1370. The molecule has 9 nitrogen and oxygen atoms in total. The van der Waals surface area contributed by atoms with Crippen molar-refractivity contribution in [2.24, 2.45) is 0 Å². The maximum atomic E-state index is 13.7. The molecule has 3 N–H and O–H groups in total. The number of carbonyl (C=O) groups is 2. The van der Waals surface area contributed by atoms with E-state index in [0.29, 0.717) is 35.5 Å². The fraction of sp³-hybridized carbons (Fsp3) is 0.345. The number of carbonyl (C=O) groups excluding carboxylic acids is 1. The number of aromatic nitrogens is 1. The van der Waals surface area contributed by atoms with Crippen molar-refractivity contribution in [1.82, 2.24) is 9.88 Å². The van der Waals surface area contributed by atoms with Crippen molar-refractivity contribution >= 4 is 11.9 Å². The molecule has 4 rings (SSSR count). The van der Waals surface area contributed by atoms with Crippen molar-refractivity contribution in [3.63, 3.8) is 0 Å². The number of hydrogen-bond donors (Lipinski definition) is 3. The van der Waals surface area contributed by atoms with E-state index < -0.39 is 29.5 Å². The van der Waals surface area contributed by atoms with Crippen molar-refractivity contribution in [2.45, 2.75) is 58.0 Å². The van der Waals surface area contributed by atoms with Crippen LogP contribution in [-0.2, 0) is 16.0 Å². The van der Waals surface area contributed by atoms with Crippen LogP contribution in [0.15, 0.2) is 59.5 Å². The number of hydrogen-bond acceptors (Lipinski definition) is 6. The number of pyridine rings is 1. The number of benzene rings is 2. The highest BCUT2D eigenvalue weighted by Gasteiger charge is 2.28. The predicted octanol–water partition coefficient (Wildman–Crippen LogP) is 4.25. The Kier molecular flexibility index (Phi) is 8.35. The first-order valence-corrected chi connectivity index (χ1v) is 12.7. The minimum absolute atomic E-state index is 0.0717. The fourth-order valence-electron chi connectivity index (χ4n) is 4.63. The lowest BCUT2D eigenvalue weighted by Gasteiger charge is -2.25. The SMILES string of the molecule is CCCCC(C(=O)NC(CC(=O)O)c1ccc2c(c1)OCO2)n1cc(C)c(O)c(Cc2ccccc2)c1=O. The van der Waals surface area contributed by atoms with Gasteiger partial charge < -0.3 is 29.6 Å². The first-order chi connectivity index (χ1) is 18.3. The van der Waals surface area contributed by atoms with Gasteiger partial charge in [0.05, 0.1) is 18.0 Å². The van der Waals surface area contributed by atoms with Gasteiger partial charge in [0.2, 0.25) is 12.7 Å². The number of nitrogens with zero attached hydrogens (tertiary/aromatic N) is 1. The number of rotatable bonds is 11. The van der Waals surface area contributed by atoms with Crippen LogP contribution in [0.25, 0.3) is 0 Å². The van der Waals surface area contributed by atoms with E-state index in [9.17, 15) is 24.6 Å². The zero-order valence-electron chi connectivity index (χ0n) is 21.5. The Balaban J connectivity index is 1.68. The van der Waals surface area contributed by atoms with E-state index in [2.05, 4.69) is 5.32 Å². The quantitative estimate of drug-likeness (QED) is 0.345. The maximum absolute atomic E-state index is 13.7. The van der Waals surface area contributed by atoms with Crippen LogP contribution in [0.4, 0.5) is 0 Å². The molecule has 2 heterocycles. The average molecular weight is 521 g/mol. The largest absolute Gasteiger partial charge is 0.507 e. The molecule has 0 saturated carbocycles. The second kappa shape index (κ2) is 11.9. The number of carboxylic acid groups (broad SMARTS) is 1. The number of aromatic hydroxyl groups is 1. The second-order valence-corrected chi connectivity index (χ2v) is 9.44. The average Bonchev–Trinajstić information content (AvgIpc) is 3.37. The van der Waals surface area contributed by atoms with Gasteiger partial charge in [-0.1, -0.05) is 56.2 Å². The number of aliphatic carboxylic acids is 1. The van der Waals surface area contributed by atoms with Crippen LogP contribution in [0.3, 0.4) is 0 Å². The fourth-order valence-corrected chi connectivity index (χ4v) is 4.63. The number of ether oxygens (including phenoxy) is 2. The molecule has 2 aromatic carbocycles. The van der Waals surface area contributed by atoms with E-state index >= 15 is 0 Å². The summed E-state index contributed by atoms with van der Waals surface area (Å²) in [5, 5.41) is 23.1. The minimum atomic E-state index is -1.08. The van der Waals surface area contributed by atoms with E-state index in [4.69, 9.17) is 9.47 Å². The first kappa shape index (κ1) is 26.8. The molecular weight excluding hydrogens is 488 g/mol. The molecule has 1 aliphatic heterocycles. The highest BCUT2D eigenvalue weighted by molar-refractivity contribution is 5.81. The molecule has 1 aromatic heterocycles. The highest BCUT2D eigenvalue weighted by atomic mass is 16.7. The van der Waals surface area contributed by atoms with E-state index in [1.165, 1.54) is 10.8 Å². The summed E-state index contributed by atoms with van der Waals surface area (Å²) in [5.74, 6) is -0.618. The molecule has 38 heavy (non-hydrogen) atoms. The number of nitrogens with one attached hydrogen (secondary N) is 1. The molecule has 3 aromatic rings. The standard InChI is InChI=1S/C29H32N2O7/c1-3-4-10-23(31-16-18(2)27(34)21(29(31)36)13-19-8-6-5-7-9-19)28(35)30-22(15-26(32)33)20-11-12-24-25(14-20)38-17-37-24/h5-9,11-12,14,16,22-23,34H,3-4,10,13,15,17H2,1-2H3,(H,30,35)(H,32,33). The molecule has 9 heteroatoms. The van der Waals surface area contributed by atoms with Gasteiger partial charge in [0.1, 0.15) is 11.8 Å². The first-order valence-electron chi connectivity index (χ1n) is 12.7. The van der Waals surface area contributed by atoms with Crippen LogP contribution >= 0.6 is 0 Å². The number of fused-ring (bicyclic) bond motifs is 1. The van der Waals surface area contributed by atoms with Crippen molar-refractivity contribution in [3.8, 4) is 17.2 Å². The Morgan fingerprint density at radius 3 is 2.55 bits per heavy atom. The molecule has 0 fully saturated rings. The molecule has 2 atom stereocenters. The van der Waals surface area contributed by atoms with Crippen molar-refractivity contribution in [2.75, 3.05) is 6.79 Å². The zero-order valence-corrected chi connectivity index (χ0v) is 21.5. The number of amides is 1. The summed E-state index contributed by atoms with van der Waals surface area (Å²) in [6, 6.07) is 12.6. The van der Waals surface area contributed by atoms with Crippen LogP contribution in [0, 0.1) is 6.92 Å². The van der Waals surface area contributed by atoms with Crippen LogP contribution in [0.5, 0.6) is 17.2 Å². The lowest BCUT2D eigenvalue weighted by atomic mass is 10.0. The van der Waals surface area contributed by atoms with Gasteiger partial charge in [-0.25, -0.2) is 0 Å². The van der Waals surface area contributed by atoms with Crippen molar-refractivity contribution in [1.29, 1.82) is 0 Å². The van der Waals surface area contributed by atoms with Gasteiger partial charge in [-0.2, -0.15) is 0 Å². The van der Waals surface area contributed by atoms with Crippen LogP contribution in [0.1, 0.15) is 66.9 Å². The van der Waals surface area contributed by atoms with Gasteiger partial charge in [-0.05, 0) is 36.6 Å². The summed E-state index contributed by atoms with van der Waals surface area (Å²) in [6.45, 7) is 3.75. The summed E-state index contributed by atoms with van der Waals surface area (Å²) >= 11 is 0. The summed E-state index contributed by atoms with van der Waals surface area (Å²) in [5.41, 5.74) is 1.64. The zero-order chi connectivity index (χ0) is 27.2. The summed E-state index contributed by atoms with van der Waals surface area (Å²) in [4.78, 5) is 39.0. The molecule has 1 aliphatic rings. The van der Waals surface area contributed by atoms with Gasteiger partial charge >= 0.3 is 5.97 Å². The number of aryl methyl sites for hydroxylation is 1. The summed E-state index contributed by atoms with van der Waals surface area (Å²) in [7, 11) is 0. The second-order valence-electron chi connectivity index (χ2n) is 9.44.